The number of anilines is 1. The minimum atomic E-state index is -4.60. The molecule has 1 N–H and O–H groups in total. The highest BCUT2D eigenvalue weighted by molar-refractivity contribution is 9.10. The van der Waals surface area contributed by atoms with Crippen molar-refractivity contribution in [3.8, 4) is 0 Å². The summed E-state index contributed by atoms with van der Waals surface area (Å²) in [5.74, 6) is -0.860. The van der Waals surface area contributed by atoms with E-state index >= 15 is 0 Å². The maximum absolute atomic E-state index is 12.9. The van der Waals surface area contributed by atoms with E-state index in [9.17, 15) is 28.1 Å². The highest BCUT2D eigenvalue weighted by Crippen LogP contribution is 2.36. The van der Waals surface area contributed by atoms with Crippen LogP contribution in [0.3, 0.4) is 0 Å². The molecule has 0 heterocycles. The second kappa shape index (κ2) is 6.60. The lowest BCUT2D eigenvalue weighted by atomic mass is 10.1. The van der Waals surface area contributed by atoms with Crippen LogP contribution in [0, 0.1) is 17.0 Å². The van der Waals surface area contributed by atoms with Gasteiger partial charge in [-0.25, -0.2) is 0 Å². The molecule has 0 bridgehead atoms. The number of nitrogens with zero attached hydrogens (tertiary/aromatic N) is 1. The van der Waals surface area contributed by atoms with Crippen molar-refractivity contribution < 1.29 is 22.9 Å². The molecule has 0 aromatic heterocycles. The second-order valence-electron chi connectivity index (χ2n) is 4.87. The van der Waals surface area contributed by atoms with Crippen LogP contribution in [0.1, 0.15) is 21.5 Å². The monoisotopic (exact) mass is 402 g/mol. The Labute approximate surface area is 142 Å². The average molecular weight is 403 g/mol. The van der Waals surface area contributed by atoms with Crippen LogP contribution in [0.5, 0.6) is 0 Å². The summed E-state index contributed by atoms with van der Waals surface area (Å²) >= 11 is 2.80. The van der Waals surface area contributed by atoms with Gasteiger partial charge in [0.25, 0.3) is 11.6 Å². The summed E-state index contributed by atoms with van der Waals surface area (Å²) in [6, 6.07) is 7.33. The van der Waals surface area contributed by atoms with Crippen LogP contribution in [-0.4, -0.2) is 10.8 Å². The van der Waals surface area contributed by atoms with Crippen molar-refractivity contribution in [2.45, 2.75) is 13.1 Å². The maximum atomic E-state index is 12.9. The molecule has 2 aromatic rings. The Kier molecular flexibility index (Phi) is 4.93. The molecule has 0 saturated heterocycles. The SMILES string of the molecule is Cc1cccc(C(=O)Nc2ccc(Br)c(C(F)(F)F)c2)c1[N+](=O)[O-]. The van der Waals surface area contributed by atoms with Crippen LogP contribution in [0.4, 0.5) is 24.5 Å². The summed E-state index contributed by atoms with van der Waals surface area (Å²) in [6.07, 6.45) is -4.60. The van der Waals surface area contributed by atoms with Crippen LogP contribution in [-0.2, 0) is 6.18 Å². The fraction of sp³-hybridized carbons (Fsp3) is 0.133. The van der Waals surface area contributed by atoms with E-state index in [-0.39, 0.29) is 27.0 Å². The van der Waals surface area contributed by atoms with Gasteiger partial charge in [-0.15, -0.1) is 0 Å². The highest BCUT2D eigenvalue weighted by Gasteiger charge is 2.33. The zero-order valence-corrected chi connectivity index (χ0v) is 13.7. The Bertz CT molecular complexity index is 822. The minimum Gasteiger partial charge on any atom is -0.322 e. The Morgan fingerprint density at radius 1 is 1.25 bits per heavy atom. The molecule has 0 atom stereocenters. The maximum Gasteiger partial charge on any atom is 0.417 e. The number of hydrogen-bond donors (Lipinski definition) is 1. The van der Waals surface area contributed by atoms with Crippen molar-refractivity contribution >= 4 is 33.2 Å². The normalized spacial score (nSPS) is 11.2. The lowest BCUT2D eigenvalue weighted by Crippen LogP contribution is -2.15. The summed E-state index contributed by atoms with van der Waals surface area (Å²) in [4.78, 5) is 22.6. The predicted molar refractivity (Wildman–Crippen MR) is 84.9 cm³/mol. The molecule has 0 unspecified atom stereocenters. The quantitative estimate of drug-likeness (QED) is 0.583. The van der Waals surface area contributed by atoms with Crippen LogP contribution in [0.15, 0.2) is 40.9 Å². The molecule has 5 nitrogen and oxygen atoms in total. The molecule has 0 aliphatic heterocycles. The molecule has 0 aliphatic carbocycles. The van der Waals surface area contributed by atoms with Crippen molar-refractivity contribution in [2.24, 2.45) is 0 Å². The molecular formula is C15H10BrF3N2O3. The van der Waals surface area contributed by atoms with Gasteiger partial charge in [0.15, 0.2) is 0 Å². The number of amides is 1. The minimum absolute atomic E-state index is 0.119. The van der Waals surface area contributed by atoms with Crippen molar-refractivity contribution in [3.63, 3.8) is 0 Å². The number of aryl methyl sites for hydroxylation is 1. The fourth-order valence-corrected chi connectivity index (χ4v) is 2.57. The van der Waals surface area contributed by atoms with E-state index in [1.54, 1.807) is 0 Å². The van der Waals surface area contributed by atoms with Crippen LogP contribution < -0.4 is 5.32 Å². The molecule has 0 aliphatic rings. The van der Waals surface area contributed by atoms with Gasteiger partial charge in [-0.05, 0) is 31.2 Å². The number of carbonyl (C=O) groups excluding carboxylic acids is 1. The first-order valence-electron chi connectivity index (χ1n) is 6.53. The summed E-state index contributed by atoms with van der Waals surface area (Å²) < 4.78 is 38.5. The molecule has 0 radical (unpaired) electrons. The number of para-hydroxylation sites is 1. The molecule has 2 aromatic carbocycles. The summed E-state index contributed by atoms with van der Waals surface area (Å²) in [5, 5.41) is 13.4. The van der Waals surface area contributed by atoms with Gasteiger partial charge in [0.05, 0.1) is 10.5 Å². The van der Waals surface area contributed by atoms with Crippen LogP contribution in [0.2, 0.25) is 0 Å². The number of benzene rings is 2. The molecule has 2 rings (SSSR count). The standard InChI is InChI=1S/C15H10BrF3N2O3/c1-8-3-2-4-10(13(8)21(23)24)14(22)20-9-5-6-12(16)11(7-9)15(17,18)19/h2-7H,1H3,(H,20,22). The zero-order valence-electron chi connectivity index (χ0n) is 12.1. The van der Waals surface area contributed by atoms with Gasteiger partial charge in [-0.3, -0.25) is 14.9 Å². The van der Waals surface area contributed by atoms with Gasteiger partial charge in [-0.2, -0.15) is 13.2 Å². The van der Waals surface area contributed by atoms with Crippen molar-refractivity contribution in [1.82, 2.24) is 0 Å². The lowest BCUT2D eigenvalue weighted by molar-refractivity contribution is -0.385. The van der Waals surface area contributed by atoms with Gasteiger partial charge in [0.2, 0.25) is 0 Å². The third-order valence-electron chi connectivity index (χ3n) is 3.19. The van der Waals surface area contributed by atoms with Gasteiger partial charge in [0.1, 0.15) is 5.56 Å². The van der Waals surface area contributed by atoms with E-state index in [1.165, 1.54) is 31.2 Å². The van der Waals surface area contributed by atoms with Crippen molar-refractivity contribution in [2.75, 3.05) is 5.32 Å². The van der Waals surface area contributed by atoms with E-state index in [1.807, 2.05) is 0 Å². The number of hydrogen-bond acceptors (Lipinski definition) is 3. The molecule has 126 valence electrons. The zero-order chi connectivity index (χ0) is 18.1. The molecule has 0 saturated carbocycles. The fourth-order valence-electron chi connectivity index (χ4n) is 2.10. The number of carbonyl (C=O) groups is 1. The smallest absolute Gasteiger partial charge is 0.322 e. The highest BCUT2D eigenvalue weighted by atomic mass is 79.9. The number of nitrogens with one attached hydrogen (secondary N) is 1. The number of rotatable bonds is 3. The summed E-state index contributed by atoms with van der Waals surface area (Å²) in [7, 11) is 0. The van der Waals surface area contributed by atoms with E-state index in [0.717, 1.165) is 12.1 Å². The number of nitro groups is 1. The predicted octanol–water partition coefficient (Wildman–Crippen LogP) is 4.94. The van der Waals surface area contributed by atoms with Crippen molar-refractivity contribution in [1.29, 1.82) is 0 Å². The van der Waals surface area contributed by atoms with Gasteiger partial charge >= 0.3 is 6.18 Å². The Morgan fingerprint density at radius 3 is 2.50 bits per heavy atom. The first-order chi connectivity index (χ1) is 11.1. The number of alkyl halides is 3. The first-order valence-corrected chi connectivity index (χ1v) is 7.32. The topological polar surface area (TPSA) is 72.2 Å². The third-order valence-corrected chi connectivity index (χ3v) is 3.89. The third kappa shape index (κ3) is 3.73. The van der Waals surface area contributed by atoms with E-state index in [0.29, 0.717) is 0 Å². The summed E-state index contributed by atoms with van der Waals surface area (Å²) in [5.41, 5.74) is -1.41. The van der Waals surface area contributed by atoms with Crippen LogP contribution in [0.25, 0.3) is 0 Å². The molecule has 1 amide bonds. The van der Waals surface area contributed by atoms with Gasteiger partial charge in [0, 0.05) is 15.7 Å². The van der Waals surface area contributed by atoms with E-state index < -0.39 is 22.6 Å². The number of nitro benzene ring substituents is 1. The van der Waals surface area contributed by atoms with E-state index in [4.69, 9.17) is 0 Å². The lowest BCUT2D eigenvalue weighted by Gasteiger charge is -2.12. The van der Waals surface area contributed by atoms with Gasteiger partial charge < -0.3 is 5.32 Å². The van der Waals surface area contributed by atoms with Crippen LogP contribution >= 0.6 is 15.9 Å². The number of halogens is 4. The largest absolute Gasteiger partial charge is 0.417 e. The molecule has 0 spiro atoms. The Hall–Kier alpha value is -2.42. The Balaban J connectivity index is 2.38. The molecule has 9 heteroatoms. The van der Waals surface area contributed by atoms with E-state index in [2.05, 4.69) is 21.2 Å². The Morgan fingerprint density at radius 2 is 1.92 bits per heavy atom. The summed E-state index contributed by atoms with van der Waals surface area (Å²) in [6.45, 7) is 1.47. The molecular weight excluding hydrogens is 393 g/mol. The average Bonchev–Trinajstić information content (AvgIpc) is 2.47. The van der Waals surface area contributed by atoms with Gasteiger partial charge in [-0.1, -0.05) is 28.1 Å². The first kappa shape index (κ1) is 17.9. The molecule has 24 heavy (non-hydrogen) atoms. The molecule has 0 fully saturated rings. The van der Waals surface area contributed by atoms with Crippen molar-refractivity contribution in [3.05, 3.63) is 67.7 Å². The second-order valence-corrected chi connectivity index (χ2v) is 5.73.